The lowest BCUT2D eigenvalue weighted by Gasteiger charge is -2.28. The van der Waals surface area contributed by atoms with Gasteiger partial charge in [0, 0.05) is 25.2 Å². The highest BCUT2D eigenvalue weighted by molar-refractivity contribution is 5.04. The van der Waals surface area contributed by atoms with Gasteiger partial charge in [-0.3, -0.25) is 16.0 Å². The number of aryl methyl sites for hydroxylation is 2. The van der Waals surface area contributed by atoms with Gasteiger partial charge in [-0.25, -0.2) is 0 Å². The van der Waals surface area contributed by atoms with Crippen LogP contribution < -0.4 is 11.3 Å². The second kappa shape index (κ2) is 6.03. The Bertz CT molecular complexity index is 406. The predicted molar refractivity (Wildman–Crippen MR) is 75.3 cm³/mol. The normalized spacial score (nSPS) is 32.7. The number of nitrogens with one attached hydrogen (secondary N) is 1. The molecule has 2 heterocycles. The molecule has 3 N–H and O–H groups in total. The molecule has 0 saturated carbocycles. The first-order valence-electron chi connectivity index (χ1n) is 7.12. The van der Waals surface area contributed by atoms with Crippen LogP contribution in [0.15, 0.2) is 12.4 Å². The smallest absolute Gasteiger partial charge is 0.0597 e. The molecule has 5 heteroatoms. The first-order chi connectivity index (χ1) is 9.02. The van der Waals surface area contributed by atoms with Crippen LogP contribution in [-0.2, 0) is 18.2 Å². The molecule has 1 aliphatic heterocycles. The molecule has 1 fully saturated rings. The zero-order chi connectivity index (χ0) is 14.0. The molecule has 19 heavy (non-hydrogen) atoms. The molecule has 1 aromatic rings. The molecular formula is C14H26N4O. The van der Waals surface area contributed by atoms with Crippen molar-refractivity contribution in [1.29, 1.82) is 0 Å². The fourth-order valence-corrected chi connectivity index (χ4v) is 3.30. The van der Waals surface area contributed by atoms with Crippen LogP contribution in [0.4, 0.5) is 0 Å². The Labute approximate surface area is 115 Å². The zero-order valence-corrected chi connectivity index (χ0v) is 12.3. The third-order valence-corrected chi connectivity index (χ3v) is 4.50. The molecule has 0 aromatic carbocycles. The third-order valence-electron chi connectivity index (χ3n) is 4.50. The molecule has 0 spiro atoms. The standard InChI is InChI=1S/C14H26N4O/c1-9-10(2)19-11(3)14(9)13(17-15)6-5-12-7-16-18(4)8-12/h7-11,13-14,17H,5-6,15H2,1-4H3. The van der Waals surface area contributed by atoms with Gasteiger partial charge in [0.1, 0.15) is 0 Å². The van der Waals surface area contributed by atoms with Crippen molar-refractivity contribution >= 4 is 0 Å². The van der Waals surface area contributed by atoms with Crippen LogP contribution in [0, 0.1) is 11.8 Å². The van der Waals surface area contributed by atoms with Gasteiger partial charge in [-0.05, 0) is 38.2 Å². The number of hydrogen-bond acceptors (Lipinski definition) is 4. The van der Waals surface area contributed by atoms with Crippen molar-refractivity contribution in [3.05, 3.63) is 18.0 Å². The number of nitrogens with zero attached hydrogens (tertiary/aromatic N) is 2. The number of ether oxygens (including phenoxy) is 1. The number of rotatable bonds is 5. The van der Waals surface area contributed by atoms with E-state index in [-0.39, 0.29) is 12.1 Å². The molecule has 5 nitrogen and oxygen atoms in total. The summed E-state index contributed by atoms with van der Waals surface area (Å²) in [6, 6.07) is 0.287. The highest BCUT2D eigenvalue weighted by Crippen LogP contribution is 2.35. The average Bonchev–Trinajstić information content (AvgIpc) is 2.88. The number of nitrogens with two attached hydrogens (primary N) is 1. The van der Waals surface area contributed by atoms with Gasteiger partial charge in [0.15, 0.2) is 0 Å². The van der Waals surface area contributed by atoms with Crippen molar-refractivity contribution in [3.8, 4) is 0 Å². The summed E-state index contributed by atoms with van der Waals surface area (Å²) < 4.78 is 7.75. The van der Waals surface area contributed by atoms with E-state index in [2.05, 4.69) is 37.5 Å². The Morgan fingerprint density at radius 3 is 2.63 bits per heavy atom. The number of hydrogen-bond donors (Lipinski definition) is 2. The molecule has 0 bridgehead atoms. The second-order valence-corrected chi connectivity index (χ2v) is 5.82. The molecule has 5 atom stereocenters. The fraction of sp³-hybridized carbons (Fsp3) is 0.786. The van der Waals surface area contributed by atoms with Gasteiger partial charge in [-0.2, -0.15) is 5.10 Å². The maximum atomic E-state index is 5.91. The average molecular weight is 266 g/mol. The molecule has 1 aromatic heterocycles. The lowest BCUT2D eigenvalue weighted by Crippen LogP contribution is -2.45. The first-order valence-corrected chi connectivity index (χ1v) is 7.12. The van der Waals surface area contributed by atoms with E-state index < -0.39 is 0 Å². The molecule has 1 aliphatic rings. The Hall–Kier alpha value is -0.910. The van der Waals surface area contributed by atoms with Gasteiger partial charge in [0.05, 0.1) is 18.4 Å². The molecule has 2 rings (SSSR count). The van der Waals surface area contributed by atoms with Crippen molar-refractivity contribution in [3.63, 3.8) is 0 Å². The lowest BCUT2D eigenvalue weighted by atomic mass is 9.81. The summed E-state index contributed by atoms with van der Waals surface area (Å²) >= 11 is 0. The van der Waals surface area contributed by atoms with Crippen molar-refractivity contribution in [2.45, 2.75) is 51.9 Å². The second-order valence-electron chi connectivity index (χ2n) is 5.82. The van der Waals surface area contributed by atoms with E-state index in [4.69, 9.17) is 10.6 Å². The quantitative estimate of drug-likeness (QED) is 0.622. The lowest BCUT2D eigenvalue weighted by molar-refractivity contribution is 0.0472. The highest BCUT2D eigenvalue weighted by Gasteiger charge is 2.41. The summed E-state index contributed by atoms with van der Waals surface area (Å²) in [6.07, 6.45) is 6.57. The van der Waals surface area contributed by atoms with E-state index in [1.165, 1.54) is 5.56 Å². The van der Waals surface area contributed by atoms with E-state index in [1.54, 1.807) is 0 Å². The molecule has 0 aliphatic carbocycles. The predicted octanol–water partition coefficient (Wildman–Crippen LogP) is 1.24. The monoisotopic (exact) mass is 266 g/mol. The van der Waals surface area contributed by atoms with Gasteiger partial charge in [0.25, 0.3) is 0 Å². The topological polar surface area (TPSA) is 65.1 Å². The molecule has 0 radical (unpaired) electrons. The minimum Gasteiger partial charge on any atom is -0.375 e. The van der Waals surface area contributed by atoms with Gasteiger partial charge in [-0.1, -0.05) is 6.92 Å². The molecule has 0 amide bonds. The van der Waals surface area contributed by atoms with E-state index in [0.29, 0.717) is 17.9 Å². The van der Waals surface area contributed by atoms with Gasteiger partial charge in [0.2, 0.25) is 0 Å². The minimum atomic E-state index is 0.264. The van der Waals surface area contributed by atoms with E-state index in [1.807, 2.05) is 17.9 Å². The van der Waals surface area contributed by atoms with Crippen LogP contribution in [0.1, 0.15) is 32.8 Å². The van der Waals surface area contributed by atoms with Gasteiger partial charge in [-0.15, -0.1) is 0 Å². The van der Waals surface area contributed by atoms with Gasteiger partial charge < -0.3 is 4.74 Å². The fourth-order valence-electron chi connectivity index (χ4n) is 3.30. The van der Waals surface area contributed by atoms with E-state index in [9.17, 15) is 0 Å². The molecule has 108 valence electrons. The van der Waals surface area contributed by atoms with Crippen LogP contribution in [0.5, 0.6) is 0 Å². The Morgan fingerprint density at radius 2 is 2.16 bits per heavy atom. The third kappa shape index (κ3) is 3.16. The Morgan fingerprint density at radius 1 is 1.42 bits per heavy atom. The summed E-state index contributed by atoms with van der Waals surface area (Å²) in [5.74, 6) is 6.77. The van der Waals surface area contributed by atoms with Crippen LogP contribution in [0.3, 0.4) is 0 Å². The summed E-state index contributed by atoms with van der Waals surface area (Å²) in [4.78, 5) is 0. The van der Waals surface area contributed by atoms with Crippen molar-refractivity contribution in [2.75, 3.05) is 0 Å². The van der Waals surface area contributed by atoms with Crippen molar-refractivity contribution < 1.29 is 4.74 Å². The zero-order valence-electron chi connectivity index (χ0n) is 12.3. The summed E-state index contributed by atoms with van der Waals surface area (Å²) in [6.45, 7) is 6.56. The summed E-state index contributed by atoms with van der Waals surface area (Å²) in [5, 5.41) is 4.20. The van der Waals surface area contributed by atoms with E-state index in [0.717, 1.165) is 12.8 Å². The SMILES string of the molecule is CC1OC(C)C(C(CCc2cnn(C)c2)NN)C1C. The van der Waals surface area contributed by atoms with Gasteiger partial charge >= 0.3 is 0 Å². The Balaban J connectivity index is 1.96. The first kappa shape index (κ1) is 14.5. The van der Waals surface area contributed by atoms with E-state index >= 15 is 0 Å². The highest BCUT2D eigenvalue weighted by atomic mass is 16.5. The largest absolute Gasteiger partial charge is 0.375 e. The molecular weight excluding hydrogens is 240 g/mol. The number of aromatic nitrogens is 2. The van der Waals surface area contributed by atoms with Crippen LogP contribution in [0.25, 0.3) is 0 Å². The Kier molecular flexibility index (Phi) is 4.60. The summed E-state index contributed by atoms with van der Waals surface area (Å²) in [5.41, 5.74) is 4.25. The maximum absolute atomic E-state index is 5.91. The van der Waals surface area contributed by atoms with Crippen molar-refractivity contribution in [2.24, 2.45) is 24.7 Å². The summed E-state index contributed by atoms with van der Waals surface area (Å²) in [7, 11) is 1.94. The molecule has 1 saturated heterocycles. The van der Waals surface area contributed by atoms with Crippen LogP contribution >= 0.6 is 0 Å². The molecule has 5 unspecified atom stereocenters. The minimum absolute atomic E-state index is 0.264. The van der Waals surface area contributed by atoms with Crippen LogP contribution in [0.2, 0.25) is 0 Å². The van der Waals surface area contributed by atoms with Crippen molar-refractivity contribution in [1.82, 2.24) is 15.2 Å². The number of hydrazine groups is 1. The van der Waals surface area contributed by atoms with Crippen LogP contribution in [-0.4, -0.2) is 28.0 Å². The maximum Gasteiger partial charge on any atom is 0.0597 e.